The molecule has 2 aromatic rings. The van der Waals surface area contributed by atoms with Crippen molar-refractivity contribution >= 4 is 17.3 Å². The molecule has 2 N–H and O–H groups in total. The van der Waals surface area contributed by atoms with Crippen LogP contribution in [0.5, 0.6) is 0 Å². The number of hydrogen-bond acceptors (Lipinski definition) is 3. The molecule has 0 bridgehead atoms. The van der Waals surface area contributed by atoms with Crippen LogP contribution in [0.4, 0.5) is 15.8 Å². The number of rotatable bonds is 5. The number of anilines is 2. The van der Waals surface area contributed by atoms with E-state index in [-0.39, 0.29) is 11.6 Å². The van der Waals surface area contributed by atoms with Gasteiger partial charge in [0.15, 0.2) is 0 Å². The van der Waals surface area contributed by atoms with Gasteiger partial charge in [0.1, 0.15) is 5.82 Å². The minimum atomic E-state index is -0.464. The molecular formula is C15H16FN3O. The van der Waals surface area contributed by atoms with E-state index in [9.17, 15) is 9.18 Å². The summed E-state index contributed by atoms with van der Waals surface area (Å²) in [5.41, 5.74) is 1.31. The lowest BCUT2D eigenvalue weighted by Gasteiger charge is -2.08. The van der Waals surface area contributed by atoms with E-state index in [0.717, 1.165) is 18.7 Å². The number of para-hydroxylation sites is 1. The minimum absolute atomic E-state index is 0.157. The van der Waals surface area contributed by atoms with Gasteiger partial charge in [0, 0.05) is 18.9 Å². The van der Waals surface area contributed by atoms with Gasteiger partial charge >= 0.3 is 0 Å². The van der Waals surface area contributed by atoms with Gasteiger partial charge in [0.05, 0.1) is 16.9 Å². The van der Waals surface area contributed by atoms with Gasteiger partial charge in [-0.05, 0) is 24.6 Å². The molecule has 0 saturated carbocycles. The van der Waals surface area contributed by atoms with Gasteiger partial charge in [-0.15, -0.1) is 0 Å². The first-order valence-electron chi connectivity index (χ1n) is 6.45. The van der Waals surface area contributed by atoms with Crippen molar-refractivity contribution in [1.29, 1.82) is 0 Å². The lowest BCUT2D eigenvalue weighted by molar-refractivity contribution is 0.102. The topological polar surface area (TPSA) is 54.0 Å². The summed E-state index contributed by atoms with van der Waals surface area (Å²) < 4.78 is 13.5. The summed E-state index contributed by atoms with van der Waals surface area (Å²) in [6.07, 6.45) is 4.08. The zero-order valence-electron chi connectivity index (χ0n) is 11.2. The second-order valence-corrected chi connectivity index (χ2v) is 4.32. The summed E-state index contributed by atoms with van der Waals surface area (Å²) in [7, 11) is 0. The Morgan fingerprint density at radius 1 is 1.30 bits per heavy atom. The van der Waals surface area contributed by atoms with Crippen molar-refractivity contribution in [3.8, 4) is 0 Å². The van der Waals surface area contributed by atoms with Crippen LogP contribution in [0.25, 0.3) is 0 Å². The maximum absolute atomic E-state index is 13.5. The van der Waals surface area contributed by atoms with Crippen LogP contribution in [-0.4, -0.2) is 17.4 Å². The molecule has 5 heteroatoms. The Labute approximate surface area is 117 Å². The monoisotopic (exact) mass is 273 g/mol. The third-order valence-corrected chi connectivity index (χ3v) is 2.70. The zero-order chi connectivity index (χ0) is 14.4. The molecule has 0 radical (unpaired) electrons. The summed E-state index contributed by atoms with van der Waals surface area (Å²) in [5, 5.41) is 5.68. The lowest BCUT2D eigenvalue weighted by atomic mass is 10.2. The number of hydrogen-bond donors (Lipinski definition) is 2. The first-order valence-corrected chi connectivity index (χ1v) is 6.45. The van der Waals surface area contributed by atoms with Crippen molar-refractivity contribution < 1.29 is 9.18 Å². The molecule has 1 aromatic heterocycles. The number of nitrogens with one attached hydrogen (secondary N) is 2. The summed E-state index contributed by atoms with van der Waals surface area (Å²) in [4.78, 5) is 16.1. The highest BCUT2D eigenvalue weighted by Gasteiger charge is 2.09. The van der Waals surface area contributed by atoms with Crippen LogP contribution in [0.3, 0.4) is 0 Å². The number of carbonyl (C=O) groups excluding carboxylic acids is 1. The average molecular weight is 273 g/mol. The van der Waals surface area contributed by atoms with Gasteiger partial charge in [-0.2, -0.15) is 0 Å². The fraction of sp³-hybridized carbons (Fsp3) is 0.200. The first kappa shape index (κ1) is 14.0. The Bertz CT molecular complexity index is 601. The van der Waals surface area contributed by atoms with Gasteiger partial charge in [0.2, 0.25) is 0 Å². The summed E-state index contributed by atoms with van der Waals surface area (Å²) in [5.74, 6) is -0.850. The number of aromatic nitrogens is 1. The van der Waals surface area contributed by atoms with Crippen molar-refractivity contribution in [1.82, 2.24) is 4.98 Å². The molecule has 0 aliphatic carbocycles. The van der Waals surface area contributed by atoms with Crippen LogP contribution in [0.2, 0.25) is 0 Å². The van der Waals surface area contributed by atoms with Crippen molar-refractivity contribution in [2.75, 3.05) is 17.2 Å². The molecule has 1 aromatic carbocycles. The van der Waals surface area contributed by atoms with Crippen molar-refractivity contribution in [2.45, 2.75) is 13.3 Å². The molecule has 0 fully saturated rings. The van der Waals surface area contributed by atoms with Crippen molar-refractivity contribution in [3.05, 3.63) is 54.1 Å². The van der Waals surface area contributed by atoms with E-state index in [1.807, 2.05) is 0 Å². The molecule has 0 atom stereocenters. The van der Waals surface area contributed by atoms with E-state index in [1.165, 1.54) is 18.3 Å². The van der Waals surface area contributed by atoms with Crippen molar-refractivity contribution in [2.24, 2.45) is 0 Å². The third-order valence-electron chi connectivity index (χ3n) is 2.70. The van der Waals surface area contributed by atoms with E-state index in [2.05, 4.69) is 22.5 Å². The molecule has 4 nitrogen and oxygen atoms in total. The number of pyridine rings is 1. The molecule has 0 aliphatic rings. The van der Waals surface area contributed by atoms with Crippen LogP contribution in [-0.2, 0) is 0 Å². The standard InChI is InChI=1S/C15H16FN3O/c1-2-7-18-12-8-11(9-17-10-12)15(20)19-14-6-4-3-5-13(14)16/h3-6,8-10,18H,2,7H2,1H3,(H,19,20). The van der Waals surface area contributed by atoms with Crippen LogP contribution in [0.15, 0.2) is 42.7 Å². The predicted octanol–water partition coefficient (Wildman–Crippen LogP) is 3.29. The second kappa shape index (κ2) is 6.65. The summed E-state index contributed by atoms with van der Waals surface area (Å²) in [6.45, 7) is 2.86. The Kier molecular flexibility index (Phi) is 4.65. The van der Waals surface area contributed by atoms with Gasteiger partial charge in [-0.1, -0.05) is 19.1 Å². The fourth-order valence-electron chi connectivity index (χ4n) is 1.69. The quantitative estimate of drug-likeness (QED) is 0.879. The van der Waals surface area contributed by atoms with Crippen LogP contribution in [0.1, 0.15) is 23.7 Å². The zero-order valence-corrected chi connectivity index (χ0v) is 11.2. The SMILES string of the molecule is CCCNc1cncc(C(=O)Nc2ccccc2F)c1. The molecule has 0 spiro atoms. The molecule has 0 saturated heterocycles. The van der Waals surface area contributed by atoms with Crippen molar-refractivity contribution in [3.63, 3.8) is 0 Å². The number of benzene rings is 1. The van der Waals surface area contributed by atoms with Crippen LogP contribution >= 0.6 is 0 Å². The highest BCUT2D eigenvalue weighted by molar-refractivity contribution is 6.04. The Morgan fingerprint density at radius 3 is 2.85 bits per heavy atom. The Balaban J connectivity index is 2.11. The second-order valence-electron chi connectivity index (χ2n) is 4.32. The average Bonchev–Trinajstić information content (AvgIpc) is 2.48. The van der Waals surface area contributed by atoms with E-state index >= 15 is 0 Å². The number of carbonyl (C=O) groups is 1. The van der Waals surface area contributed by atoms with E-state index in [4.69, 9.17) is 0 Å². The van der Waals surface area contributed by atoms with Gasteiger partial charge in [-0.3, -0.25) is 9.78 Å². The van der Waals surface area contributed by atoms with Gasteiger partial charge in [0.25, 0.3) is 5.91 Å². The number of halogens is 1. The smallest absolute Gasteiger partial charge is 0.257 e. The molecule has 104 valence electrons. The molecule has 1 heterocycles. The molecular weight excluding hydrogens is 257 g/mol. The number of amides is 1. The third kappa shape index (κ3) is 3.54. The Morgan fingerprint density at radius 2 is 2.10 bits per heavy atom. The summed E-state index contributed by atoms with van der Waals surface area (Å²) in [6, 6.07) is 7.74. The van der Waals surface area contributed by atoms with Gasteiger partial charge in [-0.25, -0.2) is 4.39 Å². The normalized spacial score (nSPS) is 10.1. The predicted molar refractivity (Wildman–Crippen MR) is 77.4 cm³/mol. The first-order chi connectivity index (χ1) is 9.70. The lowest BCUT2D eigenvalue weighted by Crippen LogP contribution is -2.13. The summed E-state index contributed by atoms with van der Waals surface area (Å²) >= 11 is 0. The van der Waals surface area contributed by atoms with Gasteiger partial charge < -0.3 is 10.6 Å². The minimum Gasteiger partial charge on any atom is -0.384 e. The highest BCUT2D eigenvalue weighted by atomic mass is 19.1. The van der Waals surface area contributed by atoms with E-state index in [0.29, 0.717) is 5.56 Å². The highest BCUT2D eigenvalue weighted by Crippen LogP contribution is 2.15. The molecule has 0 unspecified atom stereocenters. The molecule has 20 heavy (non-hydrogen) atoms. The maximum atomic E-state index is 13.5. The molecule has 2 rings (SSSR count). The molecule has 0 aliphatic heterocycles. The van der Waals surface area contributed by atoms with E-state index in [1.54, 1.807) is 24.4 Å². The number of nitrogens with zero attached hydrogens (tertiary/aromatic N) is 1. The van der Waals surface area contributed by atoms with Crippen LogP contribution in [0, 0.1) is 5.82 Å². The molecule has 1 amide bonds. The van der Waals surface area contributed by atoms with E-state index < -0.39 is 5.82 Å². The largest absolute Gasteiger partial charge is 0.384 e. The fourth-order valence-corrected chi connectivity index (χ4v) is 1.69. The maximum Gasteiger partial charge on any atom is 0.257 e. The Hall–Kier alpha value is -2.43. The van der Waals surface area contributed by atoms with Crippen LogP contribution < -0.4 is 10.6 Å².